The highest BCUT2D eigenvalue weighted by molar-refractivity contribution is 6.19. The lowest BCUT2D eigenvalue weighted by molar-refractivity contribution is -0.131. The van der Waals surface area contributed by atoms with Gasteiger partial charge in [-0.1, -0.05) is 0 Å². The van der Waals surface area contributed by atoms with Crippen molar-refractivity contribution < 1.29 is 9.59 Å². The zero-order chi connectivity index (χ0) is 12.2. The van der Waals surface area contributed by atoms with Crippen LogP contribution in [-0.2, 0) is 15.0 Å². The van der Waals surface area contributed by atoms with Gasteiger partial charge in [0.15, 0.2) is 5.41 Å². The lowest BCUT2D eigenvalue weighted by Crippen LogP contribution is -2.44. The van der Waals surface area contributed by atoms with Crippen LogP contribution in [-0.4, -0.2) is 21.8 Å². The third-order valence-corrected chi connectivity index (χ3v) is 3.47. The van der Waals surface area contributed by atoms with Gasteiger partial charge in [0.1, 0.15) is 11.6 Å². The van der Waals surface area contributed by atoms with E-state index >= 15 is 0 Å². The van der Waals surface area contributed by atoms with Crippen molar-refractivity contribution in [1.82, 2.24) is 9.97 Å². The summed E-state index contributed by atoms with van der Waals surface area (Å²) in [6.07, 6.45) is 3.71. The van der Waals surface area contributed by atoms with Crippen molar-refractivity contribution in [2.24, 2.45) is 5.73 Å². The number of primary amides is 1. The Morgan fingerprint density at radius 3 is 2.88 bits per heavy atom. The average molecular weight is 232 g/mol. The summed E-state index contributed by atoms with van der Waals surface area (Å²) in [7, 11) is 0. The molecule has 1 aromatic heterocycles. The predicted octanol–water partition coefficient (Wildman–Crippen LogP) is 0.0491. The molecule has 88 valence electrons. The van der Waals surface area contributed by atoms with Crippen molar-refractivity contribution in [1.29, 1.82) is 0 Å². The van der Waals surface area contributed by atoms with Crippen molar-refractivity contribution in [3.63, 3.8) is 0 Å². The van der Waals surface area contributed by atoms with Gasteiger partial charge in [-0.05, 0) is 19.8 Å². The zero-order valence-electron chi connectivity index (χ0n) is 9.36. The summed E-state index contributed by atoms with van der Waals surface area (Å²) in [5.74, 6) is 0.447. The van der Waals surface area contributed by atoms with E-state index in [0.29, 0.717) is 17.3 Å². The predicted molar refractivity (Wildman–Crippen MR) is 59.2 cm³/mol. The van der Waals surface area contributed by atoms with Gasteiger partial charge in [-0.25, -0.2) is 9.97 Å². The van der Waals surface area contributed by atoms with Gasteiger partial charge >= 0.3 is 0 Å². The number of nitrogens with one attached hydrogen (secondary N) is 1. The van der Waals surface area contributed by atoms with E-state index in [1.807, 2.05) is 0 Å². The Kier molecular flexibility index (Phi) is 1.81. The summed E-state index contributed by atoms with van der Waals surface area (Å²) in [5, 5.41) is 2.60. The molecule has 17 heavy (non-hydrogen) atoms. The summed E-state index contributed by atoms with van der Waals surface area (Å²) < 4.78 is 0. The zero-order valence-corrected chi connectivity index (χ0v) is 9.36. The first kappa shape index (κ1) is 10.2. The number of aromatic nitrogens is 2. The molecule has 0 bridgehead atoms. The molecule has 0 aromatic carbocycles. The number of rotatable bonds is 2. The Balaban J connectivity index is 2.11. The van der Waals surface area contributed by atoms with Gasteiger partial charge in [-0.3, -0.25) is 9.59 Å². The molecular weight excluding hydrogens is 220 g/mol. The maximum absolute atomic E-state index is 11.8. The fourth-order valence-corrected chi connectivity index (χ4v) is 1.99. The molecule has 1 saturated carbocycles. The number of carbonyl (C=O) groups excluding carboxylic acids is 2. The van der Waals surface area contributed by atoms with E-state index in [9.17, 15) is 9.59 Å². The Bertz CT molecular complexity index is 538. The molecule has 2 aliphatic rings. The summed E-state index contributed by atoms with van der Waals surface area (Å²) in [5.41, 5.74) is 4.41. The molecule has 1 aliphatic heterocycles. The highest BCUT2D eigenvalue weighted by Crippen LogP contribution is 2.41. The molecule has 6 nitrogen and oxygen atoms in total. The third-order valence-electron chi connectivity index (χ3n) is 3.47. The number of fused-ring (bicyclic) bond motifs is 1. The molecule has 1 atom stereocenters. The monoisotopic (exact) mass is 232 g/mol. The maximum Gasteiger partial charge on any atom is 0.245 e. The lowest BCUT2D eigenvalue weighted by Gasteiger charge is -2.16. The van der Waals surface area contributed by atoms with E-state index in [1.165, 1.54) is 6.92 Å². The normalized spacial score (nSPS) is 26.5. The van der Waals surface area contributed by atoms with Crippen molar-refractivity contribution in [2.45, 2.75) is 31.1 Å². The molecule has 1 unspecified atom stereocenters. The highest BCUT2D eigenvalue weighted by atomic mass is 16.2. The largest absolute Gasteiger partial charge is 0.368 e. The minimum Gasteiger partial charge on any atom is -0.368 e. The molecule has 1 aliphatic carbocycles. The fourth-order valence-electron chi connectivity index (χ4n) is 1.99. The average Bonchev–Trinajstić information content (AvgIpc) is 3.08. The molecule has 0 saturated heterocycles. The van der Waals surface area contributed by atoms with Crippen LogP contribution in [0.15, 0.2) is 6.20 Å². The van der Waals surface area contributed by atoms with Crippen LogP contribution >= 0.6 is 0 Å². The van der Waals surface area contributed by atoms with Crippen molar-refractivity contribution in [2.75, 3.05) is 5.32 Å². The number of nitrogens with two attached hydrogens (primary N) is 1. The van der Waals surface area contributed by atoms with Gasteiger partial charge in [0.25, 0.3) is 0 Å². The SMILES string of the molecule is CC1(C(N)=O)C(=O)Nc2nc(C3CC3)ncc21. The Hall–Kier alpha value is -1.98. The van der Waals surface area contributed by atoms with E-state index in [2.05, 4.69) is 15.3 Å². The summed E-state index contributed by atoms with van der Waals surface area (Å²) in [6, 6.07) is 0. The van der Waals surface area contributed by atoms with Crippen molar-refractivity contribution in [3.8, 4) is 0 Å². The van der Waals surface area contributed by atoms with Crippen LogP contribution in [0.2, 0.25) is 0 Å². The molecule has 1 fully saturated rings. The second-order valence-corrected chi connectivity index (χ2v) is 4.71. The molecular formula is C11H12N4O2. The Labute approximate surface area is 97.6 Å². The first-order chi connectivity index (χ1) is 8.03. The second kappa shape index (κ2) is 3.03. The minimum atomic E-state index is -1.35. The smallest absolute Gasteiger partial charge is 0.245 e. The van der Waals surface area contributed by atoms with Crippen LogP contribution in [0.4, 0.5) is 5.82 Å². The molecule has 6 heteroatoms. The van der Waals surface area contributed by atoms with Gasteiger partial charge in [0.2, 0.25) is 11.8 Å². The molecule has 3 N–H and O–H groups in total. The standard InChI is InChI=1S/C11H12N4O2/c1-11(9(12)16)6-4-13-7(5-2-3-5)14-8(6)15-10(11)17/h4-5H,2-3H2,1H3,(H2,12,16)(H,13,14,15,17). The van der Waals surface area contributed by atoms with Crippen molar-refractivity contribution >= 4 is 17.6 Å². The van der Waals surface area contributed by atoms with E-state index in [0.717, 1.165) is 18.7 Å². The van der Waals surface area contributed by atoms with Crippen LogP contribution in [0.25, 0.3) is 0 Å². The Morgan fingerprint density at radius 2 is 2.29 bits per heavy atom. The molecule has 0 radical (unpaired) electrons. The van der Waals surface area contributed by atoms with Gasteiger partial charge in [0, 0.05) is 17.7 Å². The van der Waals surface area contributed by atoms with E-state index < -0.39 is 17.2 Å². The summed E-state index contributed by atoms with van der Waals surface area (Å²) in [4.78, 5) is 31.8. The lowest BCUT2D eigenvalue weighted by atomic mass is 9.85. The molecule has 2 amide bonds. The van der Waals surface area contributed by atoms with E-state index in [4.69, 9.17) is 5.73 Å². The maximum atomic E-state index is 11.8. The molecule has 2 heterocycles. The van der Waals surface area contributed by atoms with Crippen LogP contribution < -0.4 is 11.1 Å². The highest BCUT2D eigenvalue weighted by Gasteiger charge is 2.49. The second-order valence-electron chi connectivity index (χ2n) is 4.71. The number of amides is 2. The number of nitrogens with zero attached hydrogens (tertiary/aromatic N) is 2. The number of carbonyl (C=O) groups is 2. The fraction of sp³-hybridized carbons (Fsp3) is 0.455. The van der Waals surface area contributed by atoms with Gasteiger partial charge in [-0.15, -0.1) is 0 Å². The van der Waals surface area contributed by atoms with E-state index in [-0.39, 0.29) is 0 Å². The van der Waals surface area contributed by atoms with Gasteiger partial charge in [-0.2, -0.15) is 0 Å². The first-order valence-corrected chi connectivity index (χ1v) is 5.52. The van der Waals surface area contributed by atoms with Crippen molar-refractivity contribution in [3.05, 3.63) is 17.6 Å². The molecule has 0 spiro atoms. The van der Waals surface area contributed by atoms with Gasteiger partial charge in [0.05, 0.1) is 0 Å². The first-order valence-electron chi connectivity index (χ1n) is 5.52. The van der Waals surface area contributed by atoms with Crippen LogP contribution in [0.3, 0.4) is 0 Å². The quantitative estimate of drug-likeness (QED) is 0.704. The van der Waals surface area contributed by atoms with E-state index in [1.54, 1.807) is 6.20 Å². The van der Waals surface area contributed by atoms with Crippen LogP contribution in [0, 0.1) is 0 Å². The number of hydrogen-bond acceptors (Lipinski definition) is 4. The number of anilines is 1. The third kappa shape index (κ3) is 1.26. The van der Waals surface area contributed by atoms with Crippen LogP contribution in [0.5, 0.6) is 0 Å². The number of hydrogen-bond donors (Lipinski definition) is 2. The summed E-state index contributed by atoms with van der Waals surface area (Å²) in [6.45, 7) is 1.50. The van der Waals surface area contributed by atoms with Crippen LogP contribution in [0.1, 0.15) is 37.1 Å². The summed E-state index contributed by atoms with van der Waals surface area (Å²) >= 11 is 0. The molecule has 3 rings (SSSR count). The minimum absolute atomic E-state index is 0.401. The van der Waals surface area contributed by atoms with Gasteiger partial charge < -0.3 is 11.1 Å². The molecule has 1 aromatic rings. The topological polar surface area (TPSA) is 98.0 Å². The Morgan fingerprint density at radius 1 is 1.59 bits per heavy atom.